The van der Waals surface area contributed by atoms with Gasteiger partial charge in [0.15, 0.2) is 0 Å². The molecule has 2 nitrogen and oxygen atoms in total. The molecule has 0 aromatic heterocycles. The molecule has 4 heteroatoms. The fraction of sp³-hybridized carbons (Fsp3) is 0.200. The number of hydrogen-bond donors (Lipinski definition) is 2. The molecule has 0 aliphatic rings. The monoisotopic (exact) mass is 278 g/mol. The number of aryl methyl sites for hydroxylation is 1. The average molecular weight is 279 g/mol. The topological polar surface area (TPSA) is 38.0 Å². The molecule has 1 unspecified atom stereocenters. The van der Waals surface area contributed by atoms with Gasteiger partial charge in [-0.05, 0) is 30.5 Å². The highest BCUT2D eigenvalue weighted by Gasteiger charge is 2.17. The lowest BCUT2D eigenvalue weighted by atomic mass is 9.97. The van der Waals surface area contributed by atoms with Gasteiger partial charge in [0.1, 0.15) is 5.82 Å². The predicted molar refractivity (Wildman–Crippen MR) is 76.4 cm³/mol. The zero-order valence-corrected chi connectivity index (χ0v) is 11.4. The first kappa shape index (κ1) is 14.0. The number of nitrogens with two attached hydrogens (primary N) is 1. The van der Waals surface area contributed by atoms with Crippen molar-refractivity contribution in [2.24, 2.45) is 5.84 Å². The Balaban J connectivity index is 2.31. The van der Waals surface area contributed by atoms with Crippen molar-refractivity contribution in [3.8, 4) is 0 Å². The molecule has 0 heterocycles. The van der Waals surface area contributed by atoms with Crippen molar-refractivity contribution in [3.63, 3.8) is 0 Å². The Hall–Kier alpha value is -1.42. The van der Waals surface area contributed by atoms with Crippen molar-refractivity contribution in [1.29, 1.82) is 0 Å². The summed E-state index contributed by atoms with van der Waals surface area (Å²) in [5.41, 5.74) is 4.77. The molecule has 0 amide bonds. The van der Waals surface area contributed by atoms with E-state index in [1.54, 1.807) is 19.1 Å². The van der Waals surface area contributed by atoms with Crippen molar-refractivity contribution < 1.29 is 4.39 Å². The molecule has 2 aromatic carbocycles. The number of halogens is 2. The van der Waals surface area contributed by atoms with Gasteiger partial charge in [0.2, 0.25) is 0 Å². The molecule has 100 valence electrons. The van der Waals surface area contributed by atoms with Gasteiger partial charge in [-0.3, -0.25) is 11.3 Å². The molecule has 0 spiro atoms. The molecule has 0 aliphatic heterocycles. The Morgan fingerprint density at radius 2 is 1.95 bits per heavy atom. The molecule has 1 atom stereocenters. The molecule has 2 aromatic rings. The maximum Gasteiger partial charge on any atom is 0.130 e. The van der Waals surface area contributed by atoms with Crippen LogP contribution in [-0.2, 0) is 6.42 Å². The molecule has 3 N–H and O–H groups in total. The third kappa shape index (κ3) is 3.13. The van der Waals surface area contributed by atoms with Crippen LogP contribution in [0.1, 0.15) is 22.7 Å². The SMILES string of the molecule is Cc1cccc(C(Cc2ccccc2Cl)NN)c1F. The van der Waals surface area contributed by atoms with E-state index in [4.69, 9.17) is 17.4 Å². The lowest BCUT2D eigenvalue weighted by Crippen LogP contribution is -2.30. The normalized spacial score (nSPS) is 12.4. The van der Waals surface area contributed by atoms with E-state index >= 15 is 0 Å². The number of nitrogens with one attached hydrogen (secondary N) is 1. The first-order valence-corrected chi connectivity index (χ1v) is 6.46. The molecule has 0 saturated heterocycles. The highest BCUT2D eigenvalue weighted by atomic mass is 35.5. The van der Waals surface area contributed by atoms with Crippen LogP contribution in [0.3, 0.4) is 0 Å². The van der Waals surface area contributed by atoms with Crippen molar-refractivity contribution in [2.45, 2.75) is 19.4 Å². The molecular formula is C15H16ClFN2. The number of hydrazine groups is 1. The van der Waals surface area contributed by atoms with Gasteiger partial charge >= 0.3 is 0 Å². The van der Waals surface area contributed by atoms with Crippen LogP contribution >= 0.6 is 11.6 Å². The van der Waals surface area contributed by atoms with Crippen LogP contribution in [0.5, 0.6) is 0 Å². The van der Waals surface area contributed by atoms with E-state index in [1.165, 1.54) is 0 Å². The third-order valence-electron chi connectivity index (χ3n) is 3.18. The highest BCUT2D eigenvalue weighted by Crippen LogP contribution is 2.25. The quantitative estimate of drug-likeness (QED) is 0.663. The zero-order chi connectivity index (χ0) is 13.8. The molecule has 0 aliphatic carbocycles. The van der Waals surface area contributed by atoms with E-state index < -0.39 is 0 Å². The largest absolute Gasteiger partial charge is 0.271 e. The summed E-state index contributed by atoms with van der Waals surface area (Å²) < 4.78 is 14.1. The van der Waals surface area contributed by atoms with Gasteiger partial charge in [-0.15, -0.1) is 0 Å². The first-order valence-electron chi connectivity index (χ1n) is 6.08. The van der Waals surface area contributed by atoms with E-state index in [2.05, 4.69) is 5.43 Å². The van der Waals surface area contributed by atoms with Gasteiger partial charge in [-0.25, -0.2) is 4.39 Å². The van der Waals surface area contributed by atoms with Crippen molar-refractivity contribution in [3.05, 3.63) is 70.0 Å². The Kier molecular flexibility index (Phi) is 4.53. The second-order valence-corrected chi connectivity index (χ2v) is 4.90. The molecule has 0 radical (unpaired) electrons. The fourth-order valence-electron chi connectivity index (χ4n) is 2.08. The van der Waals surface area contributed by atoms with Gasteiger partial charge in [-0.2, -0.15) is 0 Å². The molecule has 0 fully saturated rings. The summed E-state index contributed by atoms with van der Waals surface area (Å²) in [7, 11) is 0. The summed E-state index contributed by atoms with van der Waals surface area (Å²) in [4.78, 5) is 0. The predicted octanol–water partition coefficient (Wildman–Crippen LogP) is 3.53. The summed E-state index contributed by atoms with van der Waals surface area (Å²) in [6, 6.07) is 12.5. The lowest BCUT2D eigenvalue weighted by molar-refractivity contribution is 0.507. The first-order chi connectivity index (χ1) is 9.13. The lowest BCUT2D eigenvalue weighted by Gasteiger charge is -2.18. The van der Waals surface area contributed by atoms with Crippen LogP contribution in [0.15, 0.2) is 42.5 Å². The molecule has 0 bridgehead atoms. The smallest absolute Gasteiger partial charge is 0.130 e. The van der Waals surface area contributed by atoms with Crippen LogP contribution in [-0.4, -0.2) is 0 Å². The summed E-state index contributed by atoms with van der Waals surface area (Å²) in [5, 5.41) is 0.663. The van der Waals surface area contributed by atoms with E-state index in [0.29, 0.717) is 22.6 Å². The Bertz CT molecular complexity index is 572. The summed E-state index contributed by atoms with van der Waals surface area (Å²) in [6.07, 6.45) is 0.538. The van der Waals surface area contributed by atoms with Crippen molar-refractivity contribution >= 4 is 11.6 Å². The summed E-state index contributed by atoms with van der Waals surface area (Å²) >= 11 is 6.12. The van der Waals surface area contributed by atoms with Gasteiger partial charge in [0.05, 0.1) is 6.04 Å². The maximum absolute atomic E-state index is 14.1. The van der Waals surface area contributed by atoms with Gasteiger partial charge < -0.3 is 0 Å². The Labute approximate surface area is 117 Å². The maximum atomic E-state index is 14.1. The van der Waals surface area contributed by atoms with E-state index in [-0.39, 0.29) is 11.9 Å². The van der Waals surface area contributed by atoms with Crippen LogP contribution in [0.4, 0.5) is 4.39 Å². The minimum Gasteiger partial charge on any atom is -0.271 e. The Morgan fingerprint density at radius 1 is 1.21 bits per heavy atom. The minimum atomic E-state index is -0.306. The minimum absolute atomic E-state index is 0.225. The van der Waals surface area contributed by atoms with E-state index in [0.717, 1.165) is 5.56 Å². The van der Waals surface area contributed by atoms with Crippen molar-refractivity contribution in [2.75, 3.05) is 0 Å². The molecular weight excluding hydrogens is 263 g/mol. The van der Waals surface area contributed by atoms with Gasteiger partial charge in [0.25, 0.3) is 0 Å². The summed E-state index contributed by atoms with van der Waals surface area (Å²) in [5.74, 6) is 5.34. The van der Waals surface area contributed by atoms with Gasteiger partial charge in [-0.1, -0.05) is 48.0 Å². The van der Waals surface area contributed by atoms with Gasteiger partial charge in [0, 0.05) is 10.6 Å². The Morgan fingerprint density at radius 3 is 2.63 bits per heavy atom. The number of hydrogen-bond acceptors (Lipinski definition) is 2. The van der Waals surface area contributed by atoms with E-state index in [9.17, 15) is 4.39 Å². The van der Waals surface area contributed by atoms with Crippen LogP contribution in [0.25, 0.3) is 0 Å². The zero-order valence-electron chi connectivity index (χ0n) is 10.7. The fourth-order valence-corrected chi connectivity index (χ4v) is 2.29. The summed E-state index contributed by atoms with van der Waals surface area (Å²) in [6.45, 7) is 1.74. The molecule has 2 rings (SSSR count). The highest BCUT2D eigenvalue weighted by molar-refractivity contribution is 6.31. The second-order valence-electron chi connectivity index (χ2n) is 4.49. The third-order valence-corrected chi connectivity index (χ3v) is 3.55. The molecule has 19 heavy (non-hydrogen) atoms. The van der Waals surface area contributed by atoms with E-state index in [1.807, 2.05) is 30.3 Å². The standard InChI is InChI=1S/C15H16ClFN2/c1-10-5-4-7-12(15(10)17)14(19-18)9-11-6-2-3-8-13(11)16/h2-8,14,19H,9,18H2,1H3. The van der Waals surface area contributed by atoms with Crippen LogP contribution in [0.2, 0.25) is 5.02 Å². The van der Waals surface area contributed by atoms with Crippen LogP contribution < -0.4 is 11.3 Å². The van der Waals surface area contributed by atoms with Crippen molar-refractivity contribution in [1.82, 2.24) is 5.43 Å². The van der Waals surface area contributed by atoms with Crippen LogP contribution in [0, 0.1) is 12.7 Å². The second kappa shape index (κ2) is 6.15. The number of rotatable bonds is 4. The average Bonchev–Trinajstić information content (AvgIpc) is 2.41. The molecule has 0 saturated carbocycles. The number of benzene rings is 2.